The molecule has 150 heavy (non-hydrogen) atoms. The van der Waals surface area contributed by atoms with E-state index in [4.69, 9.17) is 6.58 Å². The SMILES string of the molecule is C=C/C=C\C(=C)C(=C)/C=C(\C(=C)c1ccc2ccccc2ccc(-c2ccc(-c3ccccc3)cc2)c2ccccc12)c1ccccc1.C=C/C=C\C=C\c1cccc(-c2c3ccccc3c(-c3cccc(-c4ccccc4)c3)c3cc(C=C)c(C=C)cc23)c1.c1ccc(-c2ccc(-c3ccccc3)cc2)cc1.c1ccc(-c2ccccc2)cc1.c1ccc2cc3cc4ccccc4cc3cc2c1.c1ccccc1.c1ccccc1. The average Bonchev–Trinajstić information content (AvgIpc) is 0.726. The van der Waals surface area contributed by atoms with Crippen LogP contribution in [0.5, 0.6) is 0 Å². The molecule has 0 bridgehead atoms. The molecule has 0 fully saturated rings. The molecule has 0 amide bonds. The third kappa shape index (κ3) is 26.7. The Morgan fingerprint density at radius 2 is 0.493 bits per heavy atom. The summed E-state index contributed by atoms with van der Waals surface area (Å²) in [4.78, 5) is 0. The molecule has 0 atom stereocenters. The van der Waals surface area contributed by atoms with Crippen molar-refractivity contribution in [2.24, 2.45) is 0 Å². The van der Waals surface area contributed by atoms with E-state index in [0.29, 0.717) is 0 Å². The molecule has 0 heterocycles. The molecule has 0 N–H and O–H groups in total. The van der Waals surface area contributed by atoms with Gasteiger partial charge in [-0.2, -0.15) is 0 Å². The second-order valence-corrected chi connectivity index (χ2v) is 36.0. The maximum Gasteiger partial charge on any atom is -0.00259 e. The largest absolute Gasteiger partial charge is 0.0991 e. The third-order valence-corrected chi connectivity index (χ3v) is 26.2. The van der Waals surface area contributed by atoms with Gasteiger partial charge in [-0.3, -0.25) is 0 Å². The minimum Gasteiger partial charge on any atom is -0.0991 e. The van der Waals surface area contributed by atoms with E-state index in [1.807, 2.05) is 152 Å². The highest BCUT2D eigenvalue weighted by Gasteiger charge is 2.21. The van der Waals surface area contributed by atoms with Gasteiger partial charge in [-0.1, -0.05) is 622 Å². The van der Waals surface area contributed by atoms with Gasteiger partial charge in [0.05, 0.1) is 0 Å². The van der Waals surface area contributed by atoms with E-state index < -0.39 is 0 Å². The van der Waals surface area contributed by atoms with Crippen LogP contribution >= 0.6 is 0 Å². The monoisotopic (exact) mass is 1920 g/mol. The van der Waals surface area contributed by atoms with Gasteiger partial charge in [-0.05, 0) is 269 Å². The average molecular weight is 1920 g/mol. The highest BCUT2D eigenvalue weighted by molar-refractivity contribution is 6.23. The van der Waals surface area contributed by atoms with Gasteiger partial charge >= 0.3 is 0 Å². The summed E-state index contributed by atoms with van der Waals surface area (Å²) in [5, 5.41) is 17.2. The minimum atomic E-state index is 0.810. The molecule has 0 heteroatoms. The Morgan fingerprint density at radius 3 is 0.887 bits per heavy atom. The van der Waals surface area contributed by atoms with Crippen LogP contribution in [0.2, 0.25) is 0 Å². The van der Waals surface area contributed by atoms with Gasteiger partial charge in [0.15, 0.2) is 0 Å². The van der Waals surface area contributed by atoms with Crippen LogP contribution in [0.4, 0.5) is 0 Å². The lowest BCUT2D eigenvalue weighted by atomic mass is 9.83. The van der Waals surface area contributed by atoms with Gasteiger partial charge in [0, 0.05) is 0 Å². The molecule has 0 aliphatic heterocycles. The van der Waals surface area contributed by atoms with Gasteiger partial charge in [-0.25, -0.2) is 0 Å². The Labute approximate surface area is 885 Å². The van der Waals surface area contributed by atoms with E-state index in [1.54, 1.807) is 12.2 Å². The predicted octanol–water partition coefficient (Wildman–Crippen LogP) is 42.3. The zero-order valence-electron chi connectivity index (χ0n) is 84.5. The Morgan fingerprint density at radius 1 is 0.187 bits per heavy atom. The standard InChI is InChI=1S/C48H38.C42H32.C18H12.C18H14.C12H10.2C6H6/c1-5-6-17-35(2)36(3)34-48(42-22-11-8-12-23-42)37(4)44-32-30-39-20-13-14-21-40(39)31-33-45(47-25-16-15-24-46(44)47)43-28-26-41(27-29-43)38-18-9-7-10-19-38;1-4-7-8-10-17-30-18-15-22-35(26-30)41-37-24-13-14-25-38(37)42(40-29-32(6-3)31(5-2)28-39(40)41)36-23-16-21-34(27-36)33-19-11-9-12-20-33;1-2-6-14-10-18-12-16-8-4-3-7-15(16)11-17(18)9-13(14)5-1;1-3-7-15(8-4-1)17-11-13-18(14-12-17)16-9-5-2-6-10-16;1-3-7-11(8-4-1)12-9-5-2-6-10-12;2*1-2-4-6-5-3-1/h5-34H,1-4H2;4-29H,1-3H2;1-12H;1-14H;1-10H;2*1-6H/b17-6-,32-30?,33-31?,39-30?,40-31?,44-32?,45-33?,46-44?,47-45?,48-34+;8-7-,17-10+;;;;;. The van der Waals surface area contributed by atoms with Crippen LogP contribution in [-0.2, 0) is 0 Å². The van der Waals surface area contributed by atoms with Crippen molar-refractivity contribution in [1.29, 1.82) is 0 Å². The summed E-state index contributed by atoms with van der Waals surface area (Å²) in [5.41, 5.74) is 28.4. The topological polar surface area (TPSA) is 0 Å². The molecular formula is C150H118. The fourth-order valence-corrected chi connectivity index (χ4v) is 18.6. The maximum absolute atomic E-state index is 4.76. The maximum atomic E-state index is 4.76. The van der Waals surface area contributed by atoms with Gasteiger partial charge in [0.1, 0.15) is 0 Å². The highest BCUT2D eigenvalue weighted by Crippen LogP contribution is 2.47. The quantitative estimate of drug-likeness (QED) is 0.0527. The molecule has 0 saturated heterocycles. The lowest BCUT2D eigenvalue weighted by molar-refractivity contribution is 1.56. The smallest absolute Gasteiger partial charge is 0.00259 e. The van der Waals surface area contributed by atoms with Crippen LogP contribution in [0.15, 0.2) is 670 Å². The first-order valence-electron chi connectivity index (χ1n) is 50.8. The molecule has 23 rings (SSSR count). The minimum absolute atomic E-state index is 0.810. The van der Waals surface area contributed by atoms with E-state index in [-0.39, 0.29) is 0 Å². The summed E-state index contributed by atoms with van der Waals surface area (Å²) in [6.45, 7) is 29.2. The van der Waals surface area contributed by atoms with E-state index >= 15 is 0 Å². The van der Waals surface area contributed by atoms with Crippen LogP contribution in [0, 0.1) is 0 Å². The van der Waals surface area contributed by atoms with Crippen molar-refractivity contribution in [2.75, 3.05) is 0 Å². The van der Waals surface area contributed by atoms with Crippen LogP contribution in [-0.4, -0.2) is 0 Å². The molecule has 0 nitrogen and oxygen atoms in total. The first kappa shape index (κ1) is 102. The predicted molar refractivity (Wildman–Crippen MR) is 658 cm³/mol. The Balaban J connectivity index is 0.000000133. The normalized spacial score (nSPS) is 10.8. The molecule has 0 saturated carbocycles. The van der Waals surface area contributed by atoms with Crippen molar-refractivity contribution in [2.45, 2.75) is 0 Å². The molecule has 0 aliphatic carbocycles. The van der Waals surface area contributed by atoms with E-state index in [0.717, 1.165) is 82.8 Å². The summed E-state index contributed by atoms with van der Waals surface area (Å²) >= 11 is 0. The number of hydrogen-bond donors (Lipinski definition) is 0. The van der Waals surface area contributed by atoms with Gasteiger partial charge in [0.25, 0.3) is 0 Å². The summed E-state index contributed by atoms with van der Waals surface area (Å²) < 4.78 is 0. The number of rotatable bonds is 20. The van der Waals surface area contributed by atoms with E-state index in [9.17, 15) is 0 Å². The lowest BCUT2D eigenvalue weighted by Gasteiger charge is -2.20. The molecule has 718 valence electrons. The molecule has 0 aromatic heterocycles. The van der Waals surface area contributed by atoms with Gasteiger partial charge < -0.3 is 0 Å². The van der Waals surface area contributed by atoms with Crippen LogP contribution in [0.1, 0.15) is 27.8 Å². The fourth-order valence-electron chi connectivity index (χ4n) is 18.6. The van der Waals surface area contributed by atoms with Crippen molar-refractivity contribution in [3.8, 4) is 89.0 Å². The molecule has 23 aromatic carbocycles. The molecule has 0 aliphatic rings. The van der Waals surface area contributed by atoms with Crippen molar-refractivity contribution < 1.29 is 0 Å². The molecule has 0 radical (unpaired) electrons. The van der Waals surface area contributed by atoms with Crippen molar-refractivity contribution in [1.82, 2.24) is 0 Å². The second-order valence-electron chi connectivity index (χ2n) is 36.0. The zero-order valence-corrected chi connectivity index (χ0v) is 84.5. The second kappa shape index (κ2) is 52.7. The van der Waals surface area contributed by atoms with E-state index in [1.165, 1.54) is 132 Å². The number of benzene rings is 22. The number of fused-ring (bicyclic) bond motifs is 7. The molecule has 0 unspecified atom stereocenters. The fraction of sp³-hybridized carbons (Fsp3) is 0. The zero-order chi connectivity index (χ0) is 103. The van der Waals surface area contributed by atoms with Gasteiger partial charge in [-0.15, -0.1) is 0 Å². The Kier molecular flexibility index (Phi) is 35.8. The highest BCUT2D eigenvalue weighted by atomic mass is 14.2. The number of hydrogen-bond acceptors (Lipinski definition) is 0. The lowest BCUT2D eigenvalue weighted by Crippen LogP contribution is -1.93. The molecule has 0 spiro atoms. The van der Waals surface area contributed by atoms with Crippen LogP contribution < -0.4 is 0 Å². The van der Waals surface area contributed by atoms with E-state index in [2.05, 4.69) is 507 Å². The van der Waals surface area contributed by atoms with Crippen molar-refractivity contribution in [3.05, 3.63) is 698 Å². The van der Waals surface area contributed by atoms with Crippen LogP contribution in [0.3, 0.4) is 0 Å². The molecular weight excluding hydrogens is 1800 g/mol. The number of allylic oxidation sites excluding steroid dienone is 12. The summed E-state index contributed by atoms with van der Waals surface area (Å²) in [6, 6.07) is 198. The van der Waals surface area contributed by atoms with Crippen molar-refractivity contribution >= 4 is 105 Å². The molecule has 23 aromatic rings. The van der Waals surface area contributed by atoms with Crippen LogP contribution in [0.25, 0.3) is 194 Å². The van der Waals surface area contributed by atoms with Gasteiger partial charge in [0.2, 0.25) is 0 Å². The first-order chi connectivity index (χ1) is 74.0. The van der Waals surface area contributed by atoms with Crippen molar-refractivity contribution in [3.63, 3.8) is 0 Å². The summed E-state index contributed by atoms with van der Waals surface area (Å²) in [5.74, 6) is 0. The Hall–Kier alpha value is -19.5. The Bertz CT molecular complexity index is 8430. The summed E-state index contributed by atoms with van der Waals surface area (Å²) in [7, 11) is 0. The first-order valence-corrected chi connectivity index (χ1v) is 50.8. The summed E-state index contributed by atoms with van der Waals surface area (Å²) in [6.07, 6.45) is 21.4. The third-order valence-electron chi connectivity index (χ3n) is 26.2.